The zero-order chi connectivity index (χ0) is 16.5. The van der Waals surface area contributed by atoms with Gasteiger partial charge in [-0.25, -0.2) is 4.52 Å². The van der Waals surface area contributed by atoms with Crippen LogP contribution in [0.4, 0.5) is 0 Å². The first-order chi connectivity index (χ1) is 11.8. The summed E-state index contributed by atoms with van der Waals surface area (Å²) in [7, 11) is 0. The van der Waals surface area contributed by atoms with Gasteiger partial charge in [-0.2, -0.15) is 10.4 Å². The first kappa shape index (κ1) is 14.7. The van der Waals surface area contributed by atoms with E-state index in [9.17, 15) is 4.79 Å². The zero-order valence-electron chi connectivity index (χ0n) is 13.1. The van der Waals surface area contributed by atoms with Crippen LogP contribution >= 0.6 is 0 Å². The number of aromatic amines is 1. The van der Waals surface area contributed by atoms with Crippen molar-refractivity contribution >= 4 is 5.52 Å². The molecule has 4 rings (SSSR count). The Kier molecular flexibility index (Phi) is 3.63. The molecular formula is C18H17N5O. The molecule has 1 aliphatic rings. The highest BCUT2D eigenvalue weighted by atomic mass is 16.1. The number of rotatable bonds is 2. The maximum absolute atomic E-state index is 12.7. The van der Waals surface area contributed by atoms with E-state index in [1.165, 1.54) is 0 Å². The average molecular weight is 319 g/mol. The summed E-state index contributed by atoms with van der Waals surface area (Å²) in [5, 5.41) is 16.8. The molecule has 0 spiro atoms. The lowest BCUT2D eigenvalue weighted by Gasteiger charge is -2.22. The van der Waals surface area contributed by atoms with E-state index in [0.717, 1.165) is 42.8 Å². The first-order valence-electron chi connectivity index (χ1n) is 8.08. The molecule has 6 heteroatoms. The highest BCUT2D eigenvalue weighted by Gasteiger charge is 2.19. The van der Waals surface area contributed by atoms with Gasteiger partial charge in [0.25, 0.3) is 5.56 Å². The maximum Gasteiger partial charge on any atom is 0.274 e. The summed E-state index contributed by atoms with van der Waals surface area (Å²) in [5.74, 6) is 0.359. The van der Waals surface area contributed by atoms with Crippen LogP contribution in [0.3, 0.4) is 0 Å². The molecule has 1 aliphatic heterocycles. The van der Waals surface area contributed by atoms with E-state index >= 15 is 0 Å². The third-order valence-corrected chi connectivity index (χ3v) is 4.61. The predicted octanol–water partition coefficient (Wildman–Crippen LogP) is 2.03. The molecule has 0 saturated carbocycles. The summed E-state index contributed by atoms with van der Waals surface area (Å²) in [4.78, 5) is 15.7. The number of hydrogen-bond donors (Lipinski definition) is 2. The van der Waals surface area contributed by atoms with Gasteiger partial charge >= 0.3 is 0 Å². The van der Waals surface area contributed by atoms with E-state index < -0.39 is 0 Å². The summed E-state index contributed by atoms with van der Waals surface area (Å²) in [5.41, 5.74) is 3.45. The summed E-state index contributed by atoms with van der Waals surface area (Å²) in [6.45, 7) is 1.94. The molecule has 0 unspecified atom stereocenters. The molecule has 0 radical (unpaired) electrons. The van der Waals surface area contributed by atoms with Crippen LogP contribution in [0.15, 0.2) is 41.5 Å². The fraction of sp³-hybridized carbons (Fsp3) is 0.278. The number of nitrogens with one attached hydrogen (secondary N) is 2. The normalized spacial score (nSPS) is 15.5. The van der Waals surface area contributed by atoms with Crippen LogP contribution in [0, 0.1) is 11.3 Å². The molecule has 1 saturated heterocycles. The second-order valence-electron chi connectivity index (χ2n) is 6.11. The van der Waals surface area contributed by atoms with Crippen LogP contribution < -0.4 is 10.9 Å². The minimum Gasteiger partial charge on any atom is -0.323 e. The minimum absolute atomic E-state index is 0.138. The van der Waals surface area contributed by atoms with Crippen molar-refractivity contribution < 1.29 is 0 Å². The number of piperidine rings is 1. The van der Waals surface area contributed by atoms with Gasteiger partial charge in [0.05, 0.1) is 17.8 Å². The van der Waals surface area contributed by atoms with Crippen LogP contribution in [0.1, 0.15) is 30.0 Å². The molecular weight excluding hydrogens is 302 g/mol. The van der Waals surface area contributed by atoms with Crippen LogP contribution in [0.2, 0.25) is 0 Å². The van der Waals surface area contributed by atoms with E-state index in [1.54, 1.807) is 22.8 Å². The molecule has 1 aromatic carbocycles. The van der Waals surface area contributed by atoms with E-state index in [4.69, 9.17) is 5.26 Å². The predicted molar refractivity (Wildman–Crippen MR) is 90.8 cm³/mol. The quantitative estimate of drug-likeness (QED) is 0.757. The Balaban J connectivity index is 1.82. The summed E-state index contributed by atoms with van der Waals surface area (Å²) in [6, 6.07) is 9.35. The second kappa shape index (κ2) is 5.95. The van der Waals surface area contributed by atoms with E-state index in [-0.39, 0.29) is 5.56 Å². The fourth-order valence-corrected chi connectivity index (χ4v) is 3.35. The van der Waals surface area contributed by atoms with Crippen molar-refractivity contribution in [3.63, 3.8) is 0 Å². The number of aromatic nitrogens is 3. The third kappa shape index (κ3) is 2.49. The number of benzene rings is 1. The van der Waals surface area contributed by atoms with Crippen LogP contribution in [-0.2, 0) is 0 Å². The summed E-state index contributed by atoms with van der Waals surface area (Å²) >= 11 is 0. The molecule has 0 atom stereocenters. The molecule has 3 aromatic rings. The van der Waals surface area contributed by atoms with Crippen molar-refractivity contribution in [1.29, 1.82) is 5.26 Å². The number of hydrogen-bond acceptors (Lipinski definition) is 4. The van der Waals surface area contributed by atoms with Crippen molar-refractivity contribution in [2.24, 2.45) is 0 Å². The lowest BCUT2D eigenvalue weighted by Crippen LogP contribution is -2.28. The molecule has 24 heavy (non-hydrogen) atoms. The zero-order valence-corrected chi connectivity index (χ0v) is 13.1. The molecule has 3 heterocycles. The second-order valence-corrected chi connectivity index (χ2v) is 6.11. The van der Waals surface area contributed by atoms with E-state index in [0.29, 0.717) is 17.0 Å². The average Bonchev–Trinajstić information content (AvgIpc) is 3.07. The van der Waals surface area contributed by atoms with Crippen molar-refractivity contribution in [3.05, 3.63) is 58.3 Å². The summed E-state index contributed by atoms with van der Waals surface area (Å²) < 4.78 is 1.66. The fourth-order valence-electron chi connectivity index (χ4n) is 3.35. The standard InChI is InChI=1S/C18H17N5O/c19-9-12-2-1-3-14(8-12)15-10-21-23-11-16(22-18(24)17(15)23)13-4-6-20-7-5-13/h1-3,8,10-11,13,20H,4-7H2,(H,22,24). The highest BCUT2D eigenvalue weighted by Crippen LogP contribution is 2.26. The van der Waals surface area contributed by atoms with Crippen LogP contribution in [-0.4, -0.2) is 27.7 Å². The molecule has 2 aromatic heterocycles. The molecule has 1 fully saturated rings. The maximum atomic E-state index is 12.7. The largest absolute Gasteiger partial charge is 0.323 e. The van der Waals surface area contributed by atoms with Gasteiger partial charge in [0, 0.05) is 23.4 Å². The Labute approximate surface area is 138 Å². The van der Waals surface area contributed by atoms with Crippen molar-refractivity contribution in [1.82, 2.24) is 19.9 Å². The lowest BCUT2D eigenvalue weighted by atomic mass is 9.95. The van der Waals surface area contributed by atoms with Crippen LogP contribution in [0.5, 0.6) is 0 Å². The smallest absolute Gasteiger partial charge is 0.274 e. The van der Waals surface area contributed by atoms with Gasteiger partial charge in [-0.1, -0.05) is 12.1 Å². The van der Waals surface area contributed by atoms with Gasteiger partial charge < -0.3 is 10.3 Å². The topological polar surface area (TPSA) is 86.0 Å². The monoisotopic (exact) mass is 319 g/mol. The lowest BCUT2D eigenvalue weighted by molar-refractivity contribution is 0.451. The molecule has 0 bridgehead atoms. The molecule has 6 nitrogen and oxygen atoms in total. The van der Waals surface area contributed by atoms with Crippen LogP contribution in [0.25, 0.3) is 16.6 Å². The van der Waals surface area contributed by atoms with Gasteiger partial charge in [0.15, 0.2) is 0 Å². The Hall–Kier alpha value is -2.91. The minimum atomic E-state index is -0.138. The SMILES string of the molecule is N#Cc1cccc(-c2cnn3cc(C4CCNCC4)[nH]c(=O)c23)c1. The highest BCUT2D eigenvalue weighted by molar-refractivity contribution is 5.79. The molecule has 2 N–H and O–H groups in total. The van der Waals surface area contributed by atoms with Gasteiger partial charge in [-0.3, -0.25) is 4.79 Å². The van der Waals surface area contributed by atoms with E-state index in [1.807, 2.05) is 18.3 Å². The van der Waals surface area contributed by atoms with Crippen molar-refractivity contribution in [2.75, 3.05) is 13.1 Å². The Morgan fingerprint density at radius 2 is 2.12 bits per heavy atom. The number of fused-ring (bicyclic) bond motifs is 1. The van der Waals surface area contributed by atoms with E-state index in [2.05, 4.69) is 21.5 Å². The van der Waals surface area contributed by atoms with Gasteiger partial charge in [0.1, 0.15) is 5.52 Å². The molecule has 120 valence electrons. The molecule has 0 aliphatic carbocycles. The first-order valence-corrected chi connectivity index (χ1v) is 8.08. The third-order valence-electron chi connectivity index (χ3n) is 4.61. The van der Waals surface area contributed by atoms with Crippen molar-refractivity contribution in [2.45, 2.75) is 18.8 Å². The summed E-state index contributed by atoms with van der Waals surface area (Å²) in [6.07, 6.45) is 5.64. The van der Waals surface area contributed by atoms with Crippen molar-refractivity contribution in [3.8, 4) is 17.2 Å². The Morgan fingerprint density at radius 1 is 1.29 bits per heavy atom. The Bertz CT molecular complexity index is 989. The number of nitrogens with zero attached hydrogens (tertiary/aromatic N) is 3. The number of H-pyrrole nitrogens is 1. The Morgan fingerprint density at radius 3 is 2.92 bits per heavy atom. The molecule has 0 amide bonds. The van der Waals surface area contributed by atoms with Gasteiger partial charge in [-0.15, -0.1) is 0 Å². The number of nitriles is 1. The van der Waals surface area contributed by atoms with Gasteiger partial charge in [-0.05, 0) is 43.6 Å². The van der Waals surface area contributed by atoms with Gasteiger partial charge in [0.2, 0.25) is 0 Å².